The van der Waals surface area contributed by atoms with Crippen LogP contribution >= 0.6 is 11.3 Å². The second kappa shape index (κ2) is 7.45. The molecule has 0 aliphatic carbocycles. The van der Waals surface area contributed by atoms with Gasteiger partial charge in [0.05, 0.1) is 19.1 Å². The van der Waals surface area contributed by atoms with E-state index in [2.05, 4.69) is 16.3 Å². The van der Waals surface area contributed by atoms with Crippen molar-refractivity contribution in [2.75, 3.05) is 32.8 Å². The molecule has 0 aromatic carbocycles. The Morgan fingerprint density at radius 1 is 1.39 bits per heavy atom. The number of amides is 1. The van der Waals surface area contributed by atoms with Gasteiger partial charge in [0.15, 0.2) is 0 Å². The summed E-state index contributed by atoms with van der Waals surface area (Å²) in [6, 6.07) is 2.16. The van der Waals surface area contributed by atoms with Gasteiger partial charge in [-0.3, -0.25) is 14.5 Å². The van der Waals surface area contributed by atoms with Crippen LogP contribution in [0.5, 0.6) is 0 Å². The molecule has 0 spiro atoms. The molecule has 5 nitrogen and oxygen atoms in total. The zero-order valence-electron chi connectivity index (χ0n) is 13.6. The van der Waals surface area contributed by atoms with Crippen molar-refractivity contribution in [3.05, 3.63) is 21.9 Å². The Labute approximate surface area is 141 Å². The van der Waals surface area contributed by atoms with Crippen LogP contribution in [-0.2, 0) is 27.3 Å². The molecule has 0 bridgehead atoms. The van der Waals surface area contributed by atoms with Crippen molar-refractivity contribution in [1.29, 1.82) is 0 Å². The molecule has 3 rings (SSSR count). The van der Waals surface area contributed by atoms with Gasteiger partial charge >= 0.3 is 5.97 Å². The Hall–Kier alpha value is -1.40. The minimum atomic E-state index is -0.161. The van der Waals surface area contributed by atoms with Gasteiger partial charge in [0.2, 0.25) is 5.91 Å². The molecule has 1 atom stereocenters. The summed E-state index contributed by atoms with van der Waals surface area (Å²) in [4.78, 5) is 30.0. The molecule has 6 heteroatoms. The van der Waals surface area contributed by atoms with Crippen LogP contribution < -0.4 is 0 Å². The second-order valence-corrected chi connectivity index (χ2v) is 7.26. The van der Waals surface area contributed by atoms with Crippen LogP contribution in [-0.4, -0.2) is 54.5 Å². The Balaban J connectivity index is 1.53. The standard InChI is InChI=1S/C17H24N2O3S/c1-2-22-17(21)14-4-3-7-19(11-14)16(20)12-18-8-5-15-13(10-18)6-9-23-15/h6,9,14H,2-5,7-8,10-12H2,1H3. The molecular formula is C17H24N2O3S. The third-order valence-electron chi connectivity index (χ3n) is 4.64. The first-order chi connectivity index (χ1) is 11.2. The highest BCUT2D eigenvalue weighted by Crippen LogP contribution is 2.24. The van der Waals surface area contributed by atoms with E-state index in [4.69, 9.17) is 4.74 Å². The molecule has 126 valence electrons. The van der Waals surface area contributed by atoms with E-state index in [1.807, 2.05) is 23.2 Å². The summed E-state index contributed by atoms with van der Waals surface area (Å²) >= 11 is 1.81. The monoisotopic (exact) mass is 336 g/mol. The lowest BCUT2D eigenvalue weighted by molar-refractivity contribution is -0.151. The number of hydrogen-bond acceptors (Lipinski definition) is 5. The van der Waals surface area contributed by atoms with E-state index < -0.39 is 0 Å². The average Bonchev–Trinajstić information content (AvgIpc) is 3.03. The van der Waals surface area contributed by atoms with Crippen molar-refractivity contribution in [3.8, 4) is 0 Å². The van der Waals surface area contributed by atoms with Crippen LogP contribution in [0.15, 0.2) is 11.4 Å². The van der Waals surface area contributed by atoms with Gasteiger partial charge in [0.25, 0.3) is 0 Å². The van der Waals surface area contributed by atoms with E-state index in [9.17, 15) is 9.59 Å². The summed E-state index contributed by atoms with van der Waals surface area (Å²) in [7, 11) is 0. The Morgan fingerprint density at radius 3 is 3.09 bits per heavy atom. The SMILES string of the molecule is CCOC(=O)C1CCCN(C(=O)CN2CCc3sccc3C2)C1. The third kappa shape index (κ3) is 3.93. The number of hydrogen-bond donors (Lipinski definition) is 0. The maximum atomic E-state index is 12.6. The first kappa shape index (κ1) is 16.5. The summed E-state index contributed by atoms with van der Waals surface area (Å²) < 4.78 is 5.10. The Morgan fingerprint density at radius 2 is 2.26 bits per heavy atom. The van der Waals surface area contributed by atoms with E-state index >= 15 is 0 Å². The number of carbonyl (C=O) groups excluding carboxylic acids is 2. The summed E-state index contributed by atoms with van der Waals surface area (Å²) in [6.07, 6.45) is 2.74. The highest BCUT2D eigenvalue weighted by molar-refractivity contribution is 7.10. The smallest absolute Gasteiger partial charge is 0.310 e. The summed E-state index contributed by atoms with van der Waals surface area (Å²) in [5.74, 6) is -0.180. The van der Waals surface area contributed by atoms with Crippen LogP contribution in [0.4, 0.5) is 0 Å². The lowest BCUT2D eigenvalue weighted by Gasteiger charge is -2.34. The summed E-state index contributed by atoms with van der Waals surface area (Å²) in [5, 5.41) is 2.13. The van der Waals surface area contributed by atoms with Gasteiger partial charge in [-0.1, -0.05) is 0 Å². The fourth-order valence-corrected chi connectivity index (χ4v) is 4.28. The molecular weight excluding hydrogens is 312 g/mol. The minimum absolute atomic E-state index is 0.137. The van der Waals surface area contributed by atoms with Gasteiger partial charge < -0.3 is 9.64 Å². The number of thiophene rings is 1. The Bertz CT molecular complexity index is 572. The molecule has 2 aliphatic rings. The molecule has 2 aliphatic heterocycles. The van der Waals surface area contributed by atoms with E-state index in [0.29, 0.717) is 19.7 Å². The van der Waals surface area contributed by atoms with Gasteiger partial charge in [-0.15, -0.1) is 11.3 Å². The number of likely N-dealkylation sites (tertiary alicyclic amines) is 1. The first-order valence-corrected chi connectivity index (χ1v) is 9.27. The van der Waals surface area contributed by atoms with E-state index in [-0.39, 0.29) is 17.8 Å². The highest BCUT2D eigenvalue weighted by atomic mass is 32.1. The van der Waals surface area contributed by atoms with Crippen LogP contribution in [0.25, 0.3) is 0 Å². The molecule has 1 aromatic rings. The number of fused-ring (bicyclic) bond motifs is 1. The van der Waals surface area contributed by atoms with Gasteiger partial charge in [-0.05, 0) is 43.2 Å². The molecule has 0 radical (unpaired) electrons. The maximum Gasteiger partial charge on any atom is 0.310 e. The predicted molar refractivity (Wildman–Crippen MR) is 89.2 cm³/mol. The molecule has 1 fully saturated rings. The van der Waals surface area contributed by atoms with Crippen molar-refractivity contribution in [2.45, 2.75) is 32.7 Å². The van der Waals surface area contributed by atoms with Crippen molar-refractivity contribution < 1.29 is 14.3 Å². The van der Waals surface area contributed by atoms with Crippen LogP contribution in [0, 0.1) is 5.92 Å². The lowest BCUT2D eigenvalue weighted by Crippen LogP contribution is -2.47. The van der Waals surface area contributed by atoms with Crippen LogP contribution in [0.2, 0.25) is 0 Å². The van der Waals surface area contributed by atoms with Gasteiger partial charge in [-0.2, -0.15) is 0 Å². The minimum Gasteiger partial charge on any atom is -0.466 e. The topological polar surface area (TPSA) is 49.9 Å². The fourth-order valence-electron chi connectivity index (χ4n) is 3.39. The molecule has 3 heterocycles. The molecule has 1 saturated heterocycles. The second-order valence-electron chi connectivity index (χ2n) is 6.26. The number of esters is 1. The average molecular weight is 336 g/mol. The summed E-state index contributed by atoms with van der Waals surface area (Å²) in [6.45, 7) is 5.74. The molecule has 1 unspecified atom stereocenters. The molecule has 0 saturated carbocycles. The number of ether oxygens (including phenoxy) is 1. The zero-order valence-corrected chi connectivity index (χ0v) is 14.4. The molecule has 1 aromatic heterocycles. The largest absolute Gasteiger partial charge is 0.466 e. The predicted octanol–water partition coefficient (Wildman–Crippen LogP) is 1.91. The molecule has 0 N–H and O–H groups in total. The molecule has 1 amide bonds. The number of carbonyl (C=O) groups is 2. The van der Waals surface area contributed by atoms with Gasteiger partial charge in [0, 0.05) is 31.1 Å². The van der Waals surface area contributed by atoms with Crippen LogP contribution in [0.1, 0.15) is 30.2 Å². The van der Waals surface area contributed by atoms with E-state index in [1.165, 1.54) is 10.4 Å². The van der Waals surface area contributed by atoms with Crippen molar-refractivity contribution in [3.63, 3.8) is 0 Å². The van der Waals surface area contributed by atoms with E-state index in [0.717, 1.165) is 38.9 Å². The van der Waals surface area contributed by atoms with Crippen molar-refractivity contribution >= 4 is 23.2 Å². The zero-order chi connectivity index (χ0) is 16.2. The number of nitrogens with zero attached hydrogens (tertiary/aromatic N) is 2. The fraction of sp³-hybridized carbons (Fsp3) is 0.647. The van der Waals surface area contributed by atoms with Crippen molar-refractivity contribution in [2.24, 2.45) is 5.92 Å². The Kier molecular flexibility index (Phi) is 5.33. The van der Waals surface area contributed by atoms with Gasteiger partial charge in [0.1, 0.15) is 0 Å². The maximum absolute atomic E-state index is 12.6. The normalized spacial score (nSPS) is 21.8. The third-order valence-corrected chi connectivity index (χ3v) is 5.66. The summed E-state index contributed by atoms with van der Waals surface area (Å²) in [5.41, 5.74) is 1.36. The highest BCUT2D eigenvalue weighted by Gasteiger charge is 2.30. The van der Waals surface area contributed by atoms with E-state index in [1.54, 1.807) is 0 Å². The lowest BCUT2D eigenvalue weighted by atomic mass is 9.98. The van der Waals surface area contributed by atoms with Gasteiger partial charge in [-0.25, -0.2) is 0 Å². The quantitative estimate of drug-likeness (QED) is 0.788. The number of piperidine rings is 1. The van der Waals surface area contributed by atoms with Crippen molar-refractivity contribution in [1.82, 2.24) is 9.80 Å². The molecule has 23 heavy (non-hydrogen) atoms. The van der Waals surface area contributed by atoms with Crippen LogP contribution in [0.3, 0.4) is 0 Å². The number of rotatable bonds is 4. The first-order valence-electron chi connectivity index (χ1n) is 8.39.